The summed E-state index contributed by atoms with van der Waals surface area (Å²) < 4.78 is 0. The van der Waals surface area contributed by atoms with Gasteiger partial charge in [0.15, 0.2) is 0 Å². The van der Waals surface area contributed by atoms with Gasteiger partial charge in [-0.05, 0) is 33.4 Å². The van der Waals surface area contributed by atoms with Crippen molar-refractivity contribution in [1.29, 1.82) is 0 Å². The number of likely N-dealkylation sites (N-methyl/N-ethyl adjacent to an activating group) is 2. The number of nitrogens with zero attached hydrogens (tertiary/aromatic N) is 4. The Morgan fingerprint density at radius 1 is 1.38 bits per heavy atom. The summed E-state index contributed by atoms with van der Waals surface area (Å²) in [7, 11) is 6.29. The quantitative estimate of drug-likeness (QED) is 0.903. The molecule has 1 aromatic rings. The van der Waals surface area contributed by atoms with Crippen molar-refractivity contribution in [2.45, 2.75) is 45.6 Å². The van der Waals surface area contributed by atoms with Crippen LogP contribution < -0.4 is 10.2 Å². The Morgan fingerprint density at radius 3 is 2.62 bits per heavy atom. The Hall–Kier alpha value is -1.36. The first-order valence-corrected chi connectivity index (χ1v) is 7.91. The molecular weight excluding hydrogens is 262 g/mol. The van der Waals surface area contributed by atoms with Gasteiger partial charge in [0, 0.05) is 38.2 Å². The second-order valence-electron chi connectivity index (χ2n) is 6.44. The summed E-state index contributed by atoms with van der Waals surface area (Å²) in [6.07, 6.45) is 2.58. The van der Waals surface area contributed by atoms with E-state index in [0.717, 1.165) is 29.6 Å². The largest absolute Gasteiger partial charge is 0.373 e. The molecule has 1 aliphatic heterocycles. The minimum atomic E-state index is 0.332. The van der Waals surface area contributed by atoms with Crippen molar-refractivity contribution in [1.82, 2.24) is 14.9 Å². The Kier molecular flexibility index (Phi) is 5.04. The second-order valence-corrected chi connectivity index (χ2v) is 6.44. The zero-order valence-corrected chi connectivity index (χ0v) is 14.3. The summed E-state index contributed by atoms with van der Waals surface area (Å²) in [5.74, 6) is 3.24. The third kappa shape index (κ3) is 3.46. The van der Waals surface area contributed by atoms with E-state index in [2.05, 4.69) is 55.0 Å². The van der Waals surface area contributed by atoms with E-state index in [-0.39, 0.29) is 0 Å². The van der Waals surface area contributed by atoms with Crippen LogP contribution in [0.25, 0.3) is 0 Å². The molecule has 0 bridgehead atoms. The summed E-state index contributed by atoms with van der Waals surface area (Å²) >= 11 is 0. The molecule has 1 unspecified atom stereocenters. The number of anilines is 2. The maximum Gasteiger partial charge on any atom is 0.137 e. The van der Waals surface area contributed by atoms with Gasteiger partial charge in [0.2, 0.25) is 0 Å². The van der Waals surface area contributed by atoms with Crippen LogP contribution in [-0.2, 0) is 0 Å². The first-order valence-electron chi connectivity index (χ1n) is 7.91. The standard InChI is InChI=1S/C16H29N5/c1-11(2)14-18-15(17-4)12(3)16(19-14)21(6)10-13-8-7-9-20(13)5/h11,13H,7-10H2,1-6H3,(H,17,18,19). The van der Waals surface area contributed by atoms with E-state index in [9.17, 15) is 0 Å². The van der Waals surface area contributed by atoms with Gasteiger partial charge in [0.1, 0.15) is 17.5 Å². The number of hydrogen-bond donors (Lipinski definition) is 1. The Balaban J connectivity index is 2.26. The number of hydrogen-bond acceptors (Lipinski definition) is 5. The fourth-order valence-corrected chi connectivity index (χ4v) is 3.01. The van der Waals surface area contributed by atoms with Crippen LogP contribution in [0.2, 0.25) is 0 Å². The van der Waals surface area contributed by atoms with E-state index in [4.69, 9.17) is 4.98 Å². The molecule has 1 aliphatic rings. The first-order chi connectivity index (χ1) is 9.93. The van der Waals surface area contributed by atoms with Gasteiger partial charge in [-0.15, -0.1) is 0 Å². The lowest BCUT2D eigenvalue weighted by atomic mass is 10.1. The van der Waals surface area contributed by atoms with Crippen molar-refractivity contribution >= 4 is 11.6 Å². The lowest BCUT2D eigenvalue weighted by molar-refractivity contribution is 0.314. The molecule has 0 aromatic carbocycles. The van der Waals surface area contributed by atoms with E-state index in [1.165, 1.54) is 19.4 Å². The highest BCUT2D eigenvalue weighted by atomic mass is 15.2. The molecular formula is C16H29N5. The van der Waals surface area contributed by atoms with Gasteiger partial charge >= 0.3 is 0 Å². The van der Waals surface area contributed by atoms with Crippen LogP contribution in [0, 0.1) is 6.92 Å². The Bertz CT molecular complexity index is 486. The van der Waals surface area contributed by atoms with Crippen molar-refractivity contribution in [2.24, 2.45) is 0 Å². The van der Waals surface area contributed by atoms with Gasteiger partial charge in [-0.1, -0.05) is 13.8 Å². The fraction of sp³-hybridized carbons (Fsp3) is 0.750. The highest BCUT2D eigenvalue weighted by Gasteiger charge is 2.24. The third-order valence-electron chi connectivity index (χ3n) is 4.41. The van der Waals surface area contributed by atoms with E-state index in [1.54, 1.807) is 0 Å². The topological polar surface area (TPSA) is 44.3 Å². The van der Waals surface area contributed by atoms with Crippen molar-refractivity contribution in [3.05, 3.63) is 11.4 Å². The van der Waals surface area contributed by atoms with Gasteiger partial charge in [0.05, 0.1) is 0 Å². The van der Waals surface area contributed by atoms with E-state index in [0.29, 0.717) is 12.0 Å². The summed E-state index contributed by atoms with van der Waals surface area (Å²) in [6.45, 7) is 8.60. The molecule has 1 saturated heterocycles. The molecule has 1 fully saturated rings. The Morgan fingerprint density at radius 2 is 2.10 bits per heavy atom. The van der Waals surface area contributed by atoms with Crippen LogP contribution in [0.4, 0.5) is 11.6 Å². The maximum absolute atomic E-state index is 4.80. The lowest BCUT2D eigenvalue weighted by Crippen LogP contribution is -2.37. The second kappa shape index (κ2) is 6.60. The number of likely N-dealkylation sites (tertiary alicyclic amines) is 1. The van der Waals surface area contributed by atoms with Gasteiger partial charge in [-0.3, -0.25) is 0 Å². The van der Waals surface area contributed by atoms with Crippen LogP contribution >= 0.6 is 0 Å². The average molecular weight is 291 g/mol. The van der Waals surface area contributed by atoms with Crippen LogP contribution in [0.3, 0.4) is 0 Å². The third-order valence-corrected chi connectivity index (χ3v) is 4.41. The molecule has 1 atom stereocenters. The lowest BCUT2D eigenvalue weighted by Gasteiger charge is -2.28. The Labute approximate surface area is 128 Å². The molecule has 2 rings (SSSR count). The van der Waals surface area contributed by atoms with Crippen molar-refractivity contribution in [2.75, 3.05) is 44.4 Å². The van der Waals surface area contributed by atoms with Gasteiger partial charge in [-0.25, -0.2) is 9.97 Å². The van der Waals surface area contributed by atoms with Gasteiger partial charge in [-0.2, -0.15) is 0 Å². The van der Waals surface area contributed by atoms with Crippen LogP contribution in [0.1, 0.15) is 44.0 Å². The molecule has 118 valence electrons. The molecule has 0 saturated carbocycles. The molecule has 5 heteroatoms. The number of rotatable bonds is 5. The van der Waals surface area contributed by atoms with Gasteiger partial charge < -0.3 is 15.1 Å². The summed E-state index contributed by atoms with van der Waals surface area (Å²) in [5, 5.41) is 3.20. The summed E-state index contributed by atoms with van der Waals surface area (Å²) in [6, 6.07) is 0.630. The monoisotopic (exact) mass is 291 g/mol. The normalized spacial score (nSPS) is 19.3. The fourth-order valence-electron chi connectivity index (χ4n) is 3.01. The average Bonchev–Trinajstić information content (AvgIpc) is 2.84. The molecule has 0 amide bonds. The van der Waals surface area contributed by atoms with Crippen LogP contribution in [0.5, 0.6) is 0 Å². The smallest absolute Gasteiger partial charge is 0.137 e. The molecule has 0 aliphatic carbocycles. The number of nitrogens with one attached hydrogen (secondary N) is 1. The summed E-state index contributed by atoms with van der Waals surface area (Å²) in [5.41, 5.74) is 1.13. The predicted molar refractivity (Wildman–Crippen MR) is 89.3 cm³/mol. The molecule has 1 N–H and O–H groups in total. The minimum Gasteiger partial charge on any atom is -0.373 e. The van der Waals surface area contributed by atoms with Crippen LogP contribution in [-0.4, -0.2) is 55.1 Å². The molecule has 0 spiro atoms. The molecule has 1 aromatic heterocycles. The molecule has 2 heterocycles. The van der Waals surface area contributed by atoms with Crippen molar-refractivity contribution in [3.63, 3.8) is 0 Å². The molecule has 0 radical (unpaired) electrons. The molecule has 5 nitrogen and oxygen atoms in total. The van der Waals surface area contributed by atoms with Crippen LogP contribution in [0.15, 0.2) is 0 Å². The van der Waals surface area contributed by atoms with E-state index < -0.39 is 0 Å². The zero-order valence-electron chi connectivity index (χ0n) is 14.3. The van der Waals surface area contributed by atoms with E-state index in [1.807, 2.05) is 7.05 Å². The van der Waals surface area contributed by atoms with Gasteiger partial charge in [0.25, 0.3) is 0 Å². The van der Waals surface area contributed by atoms with Crippen molar-refractivity contribution in [3.8, 4) is 0 Å². The first kappa shape index (κ1) is 16.0. The predicted octanol–water partition coefficient (Wildman–Crippen LogP) is 2.48. The highest BCUT2D eigenvalue weighted by Crippen LogP contribution is 2.26. The minimum absolute atomic E-state index is 0.332. The van der Waals surface area contributed by atoms with Crippen molar-refractivity contribution < 1.29 is 0 Å². The highest BCUT2D eigenvalue weighted by molar-refractivity contribution is 5.58. The maximum atomic E-state index is 4.80. The van der Waals surface area contributed by atoms with E-state index >= 15 is 0 Å². The summed E-state index contributed by atoms with van der Waals surface area (Å²) in [4.78, 5) is 14.2. The SMILES string of the molecule is CNc1nc(C(C)C)nc(N(C)CC2CCCN2C)c1C. The zero-order chi connectivity index (χ0) is 15.6. The number of aromatic nitrogens is 2. The molecule has 21 heavy (non-hydrogen) atoms.